The normalized spacial score (nSPS) is 10.6. The number of rotatable bonds is 2. The number of aromatic nitrogens is 5. The average Bonchev–Trinajstić information content (AvgIpc) is 2.63. The summed E-state index contributed by atoms with van der Waals surface area (Å²) < 4.78 is 4.68. The van der Waals surface area contributed by atoms with E-state index in [-0.39, 0.29) is 0 Å². The Morgan fingerprint density at radius 1 is 1.38 bits per heavy atom. The summed E-state index contributed by atoms with van der Waals surface area (Å²) in [6.07, 6.45) is 3.59. The summed E-state index contributed by atoms with van der Waals surface area (Å²) in [6, 6.07) is 1.86. The van der Waals surface area contributed by atoms with Gasteiger partial charge in [-0.2, -0.15) is 10.1 Å². The van der Waals surface area contributed by atoms with Gasteiger partial charge >= 0.3 is 0 Å². The summed E-state index contributed by atoms with van der Waals surface area (Å²) in [7, 11) is 0. The third kappa shape index (κ3) is 1.97. The van der Waals surface area contributed by atoms with Crippen molar-refractivity contribution in [2.45, 2.75) is 6.67 Å². The van der Waals surface area contributed by atoms with Crippen LogP contribution in [0, 0.1) is 0 Å². The molecule has 0 aromatic carbocycles. The number of hydrogen-bond donors (Lipinski definition) is 0. The second-order valence-electron chi connectivity index (χ2n) is 2.34. The van der Waals surface area contributed by atoms with Crippen LogP contribution >= 0.6 is 31.9 Å². The molecule has 0 spiro atoms. The molecule has 0 saturated carbocycles. The van der Waals surface area contributed by atoms with Gasteiger partial charge in [0.2, 0.25) is 4.73 Å². The van der Waals surface area contributed by atoms with Crippen molar-refractivity contribution in [3.8, 4) is 0 Å². The lowest BCUT2D eigenvalue weighted by Crippen LogP contribution is -2.10. The van der Waals surface area contributed by atoms with E-state index < -0.39 is 0 Å². The first-order valence-electron chi connectivity index (χ1n) is 3.49. The molecule has 2 aromatic heterocycles. The van der Waals surface area contributed by atoms with Crippen LogP contribution in [-0.4, -0.2) is 24.5 Å². The largest absolute Gasteiger partial charge is 0.251 e. The molecule has 0 bridgehead atoms. The van der Waals surface area contributed by atoms with Gasteiger partial charge in [-0.1, -0.05) is 0 Å². The van der Waals surface area contributed by atoms with Crippen LogP contribution in [0.1, 0.15) is 0 Å². The Kier molecular flexibility index (Phi) is 2.45. The molecule has 0 fully saturated rings. The van der Waals surface area contributed by atoms with Gasteiger partial charge in [-0.05, 0) is 37.9 Å². The molecule has 0 atom stereocenters. The average molecular weight is 307 g/mol. The predicted molar refractivity (Wildman–Crippen MR) is 53.0 cm³/mol. The van der Waals surface area contributed by atoms with Crippen LogP contribution in [0.15, 0.2) is 27.9 Å². The van der Waals surface area contributed by atoms with Gasteiger partial charge in [-0.15, -0.1) is 5.10 Å². The van der Waals surface area contributed by atoms with E-state index in [2.05, 4.69) is 47.0 Å². The first kappa shape index (κ1) is 8.89. The summed E-state index contributed by atoms with van der Waals surface area (Å²) in [4.78, 5) is 4.04. The molecular weight excluding hydrogens is 302 g/mol. The molecule has 2 rings (SSSR count). The van der Waals surface area contributed by atoms with Gasteiger partial charge in [0.15, 0.2) is 4.73 Å². The minimum Gasteiger partial charge on any atom is -0.251 e. The first-order valence-corrected chi connectivity index (χ1v) is 5.07. The highest BCUT2D eigenvalue weighted by atomic mass is 79.9. The van der Waals surface area contributed by atoms with Crippen LogP contribution in [0.2, 0.25) is 0 Å². The SMILES string of the molecule is Brc1nc(Br)n(Cn2cccn2)n1. The van der Waals surface area contributed by atoms with Crippen molar-refractivity contribution >= 4 is 31.9 Å². The summed E-state index contributed by atoms with van der Waals surface area (Å²) in [6.45, 7) is 0.548. The maximum atomic E-state index is 4.10. The van der Waals surface area contributed by atoms with E-state index in [1.54, 1.807) is 15.6 Å². The van der Waals surface area contributed by atoms with Crippen molar-refractivity contribution in [2.24, 2.45) is 0 Å². The van der Waals surface area contributed by atoms with Gasteiger partial charge < -0.3 is 0 Å². The lowest BCUT2D eigenvalue weighted by molar-refractivity contribution is 0.492. The van der Waals surface area contributed by atoms with Crippen molar-refractivity contribution in [1.29, 1.82) is 0 Å². The second kappa shape index (κ2) is 3.59. The molecule has 0 aliphatic carbocycles. The molecule has 2 aromatic rings. The Morgan fingerprint density at radius 2 is 2.23 bits per heavy atom. The van der Waals surface area contributed by atoms with E-state index in [0.717, 1.165) is 0 Å². The molecule has 0 unspecified atom stereocenters. The van der Waals surface area contributed by atoms with Crippen molar-refractivity contribution < 1.29 is 0 Å². The summed E-state index contributed by atoms with van der Waals surface area (Å²) in [5.41, 5.74) is 0. The van der Waals surface area contributed by atoms with Crippen molar-refractivity contribution in [1.82, 2.24) is 24.5 Å². The zero-order chi connectivity index (χ0) is 9.26. The minimum absolute atomic E-state index is 0.548. The van der Waals surface area contributed by atoms with Gasteiger partial charge in [0.1, 0.15) is 6.67 Å². The maximum absolute atomic E-state index is 4.10. The summed E-state index contributed by atoms with van der Waals surface area (Å²) >= 11 is 6.47. The smallest absolute Gasteiger partial charge is 0.218 e. The Morgan fingerprint density at radius 3 is 2.77 bits per heavy atom. The molecular formula is C6H5Br2N5. The zero-order valence-electron chi connectivity index (χ0n) is 6.43. The monoisotopic (exact) mass is 305 g/mol. The van der Waals surface area contributed by atoms with Gasteiger partial charge in [0.25, 0.3) is 0 Å². The number of halogens is 2. The van der Waals surface area contributed by atoms with E-state index in [9.17, 15) is 0 Å². The Balaban J connectivity index is 2.23. The highest BCUT2D eigenvalue weighted by Gasteiger charge is 2.04. The summed E-state index contributed by atoms with van der Waals surface area (Å²) in [5.74, 6) is 0. The van der Waals surface area contributed by atoms with Crippen LogP contribution in [0.25, 0.3) is 0 Å². The molecule has 0 radical (unpaired) electrons. The van der Waals surface area contributed by atoms with Crippen molar-refractivity contribution in [3.05, 3.63) is 27.9 Å². The number of nitrogens with zero attached hydrogens (tertiary/aromatic N) is 5. The van der Waals surface area contributed by atoms with Crippen LogP contribution in [0.5, 0.6) is 0 Å². The minimum atomic E-state index is 0.548. The molecule has 7 heteroatoms. The maximum Gasteiger partial charge on any atom is 0.218 e. The van der Waals surface area contributed by atoms with E-state index in [0.29, 0.717) is 16.1 Å². The standard InChI is InChI=1S/C6H5Br2N5/c7-5-10-6(8)13(11-5)4-12-3-1-2-9-12/h1-3H,4H2. The molecule has 0 saturated heterocycles. The van der Waals surface area contributed by atoms with Gasteiger partial charge in [-0.25, -0.2) is 4.68 Å². The Hall–Kier alpha value is -0.690. The molecule has 5 nitrogen and oxygen atoms in total. The highest BCUT2D eigenvalue weighted by Crippen LogP contribution is 2.10. The lowest BCUT2D eigenvalue weighted by Gasteiger charge is -2.00. The van der Waals surface area contributed by atoms with Gasteiger partial charge in [0.05, 0.1) is 0 Å². The fourth-order valence-electron chi connectivity index (χ4n) is 0.908. The molecule has 68 valence electrons. The first-order chi connectivity index (χ1) is 6.25. The molecule has 13 heavy (non-hydrogen) atoms. The third-order valence-corrected chi connectivity index (χ3v) is 2.36. The number of hydrogen-bond acceptors (Lipinski definition) is 3. The predicted octanol–water partition coefficient (Wildman–Crippen LogP) is 1.51. The lowest BCUT2D eigenvalue weighted by atomic mass is 10.7. The molecule has 0 amide bonds. The Bertz CT molecular complexity index is 393. The van der Waals surface area contributed by atoms with Gasteiger partial charge in [-0.3, -0.25) is 4.68 Å². The molecule has 2 heterocycles. The molecule has 0 aliphatic heterocycles. The fourth-order valence-corrected chi connectivity index (χ4v) is 1.87. The molecule has 0 N–H and O–H groups in total. The van der Waals surface area contributed by atoms with E-state index in [4.69, 9.17) is 0 Å². The fraction of sp³-hybridized carbons (Fsp3) is 0.167. The van der Waals surface area contributed by atoms with Crippen molar-refractivity contribution in [2.75, 3.05) is 0 Å². The summed E-state index contributed by atoms with van der Waals surface area (Å²) in [5, 5.41) is 8.15. The zero-order valence-corrected chi connectivity index (χ0v) is 9.60. The molecule has 0 aliphatic rings. The Labute approximate surface area is 91.0 Å². The highest BCUT2D eigenvalue weighted by molar-refractivity contribution is 9.11. The topological polar surface area (TPSA) is 48.5 Å². The van der Waals surface area contributed by atoms with Crippen LogP contribution < -0.4 is 0 Å². The van der Waals surface area contributed by atoms with Crippen LogP contribution in [0.3, 0.4) is 0 Å². The van der Waals surface area contributed by atoms with Crippen LogP contribution in [-0.2, 0) is 6.67 Å². The van der Waals surface area contributed by atoms with E-state index in [1.807, 2.05) is 12.3 Å². The second-order valence-corrected chi connectivity index (χ2v) is 3.75. The van der Waals surface area contributed by atoms with Crippen LogP contribution in [0.4, 0.5) is 0 Å². The van der Waals surface area contributed by atoms with Gasteiger partial charge in [0, 0.05) is 12.4 Å². The quantitative estimate of drug-likeness (QED) is 0.845. The van der Waals surface area contributed by atoms with Crippen molar-refractivity contribution in [3.63, 3.8) is 0 Å². The van der Waals surface area contributed by atoms with E-state index >= 15 is 0 Å². The third-order valence-electron chi connectivity index (χ3n) is 1.44. The van der Waals surface area contributed by atoms with E-state index in [1.165, 1.54) is 0 Å².